The van der Waals surface area contributed by atoms with Crippen LogP contribution < -0.4 is 4.74 Å². The average Bonchev–Trinajstić information content (AvgIpc) is 3.21. The monoisotopic (exact) mass is 304 g/mol. The van der Waals surface area contributed by atoms with Crippen LogP contribution in [0.3, 0.4) is 0 Å². The predicted molar refractivity (Wildman–Crippen MR) is 93.0 cm³/mol. The molecule has 22 heavy (non-hydrogen) atoms. The summed E-state index contributed by atoms with van der Waals surface area (Å²) in [6.07, 6.45) is 4.28. The molecule has 0 amide bonds. The zero-order valence-electron chi connectivity index (χ0n) is 15.3. The number of hydrogen-bond acceptors (Lipinski definition) is 2. The van der Waals surface area contributed by atoms with Crippen LogP contribution >= 0.6 is 0 Å². The van der Waals surface area contributed by atoms with Gasteiger partial charge in [0, 0.05) is 5.56 Å². The molecule has 1 aliphatic rings. The van der Waals surface area contributed by atoms with Gasteiger partial charge in [-0.3, -0.25) is 0 Å². The first kappa shape index (κ1) is 17.3. The standard InChI is InChI=1S/C20H32O2/c1-8-14(12-18-17(9-2)22-18)15-10-13(3)11-16(19(15)21-7)20(4,5)6/h10-11,14,17-18H,8-9,12H2,1-7H3. The molecule has 3 unspecified atom stereocenters. The Morgan fingerprint density at radius 1 is 1.18 bits per heavy atom. The van der Waals surface area contributed by atoms with Gasteiger partial charge in [0.25, 0.3) is 0 Å². The number of rotatable bonds is 6. The summed E-state index contributed by atoms with van der Waals surface area (Å²) in [7, 11) is 1.80. The molecule has 0 spiro atoms. The normalized spacial score (nSPS) is 22.5. The molecule has 0 bridgehead atoms. The van der Waals surface area contributed by atoms with Gasteiger partial charge >= 0.3 is 0 Å². The molecule has 0 saturated carbocycles. The summed E-state index contributed by atoms with van der Waals surface area (Å²) in [6.45, 7) is 13.4. The quantitative estimate of drug-likeness (QED) is 0.660. The molecule has 2 rings (SSSR count). The fraction of sp³-hybridized carbons (Fsp3) is 0.700. The maximum atomic E-state index is 5.86. The van der Waals surface area contributed by atoms with Crippen molar-refractivity contribution in [2.75, 3.05) is 7.11 Å². The maximum absolute atomic E-state index is 5.86. The molecule has 2 nitrogen and oxygen atoms in total. The second-order valence-corrected chi connectivity index (χ2v) is 7.65. The highest BCUT2D eigenvalue weighted by molar-refractivity contribution is 5.49. The first-order chi connectivity index (χ1) is 10.3. The predicted octanol–water partition coefficient (Wildman–Crippen LogP) is 5.36. The highest BCUT2D eigenvalue weighted by atomic mass is 16.6. The minimum atomic E-state index is 0.0897. The van der Waals surface area contributed by atoms with Crippen molar-refractivity contribution in [1.29, 1.82) is 0 Å². The van der Waals surface area contributed by atoms with Gasteiger partial charge in [0.2, 0.25) is 0 Å². The summed E-state index contributed by atoms with van der Waals surface area (Å²) < 4.78 is 11.6. The van der Waals surface area contributed by atoms with Gasteiger partial charge in [-0.1, -0.05) is 52.3 Å². The van der Waals surface area contributed by atoms with E-state index >= 15 is 0 Å². The van der Waals surface area contributed by atoms with E-state index in [1.54, 1.807) is 7.11 Å². The maximum Gasteiger partial charge on any atom is 0.126 e. The summed E-state index contributed by atoms with van der Waals surface area (Å²) >= 11 is 0. The van der Waals surface area contributed by atoms with Crippen LogP contribution in [0.2, 0.25) is 0 Å². The lowest BCUT2D eigenvalue weighted by atomic mass is 9.80. The Labute approximate surface area is 136 Å². The highest BCUT2D eigenvalue weighted by Crippen LogP contribution is 2.43. The molecule has 0 aliphatic carbocycles. The Balaban J connectivity index is 2.37. The van der Waals surface area contributed by atoms with Crippen LogP contribution in [0, 0.1) is 6.92 Å². The molecule has 1 fully saturated rings. The third kappa shape index (κ3) is 3.65. The van der Waals surface area contributed by atoms with Gasteiger partial charge in [0.1, 0.15) is 5.75 Å². The van der Waals surface area contributed by atoms with Crippen molar-refractivity contribution < 1.29 is 9.47 Å². The number of aryl methyl sites for hydroxylation is 1. The summed E-state index contributed by atoms with van der Waals surface area (Å²) in [4.78, 5) is 0. The second-order valence-electron chi connectivity index (χ2n) is 7.65. The Kier molecular flexibility index (Phi) is 5.21. The van der Waals surface area contributed by atoms with E-state index < -0.39 is 0 Å². The van der Waals surface area contributed by atoms with Crippen molar-refractivity contribution in [1.82, 2.24) is 0 Å². The smallest absolute Gasteiger partial charge is 0.126 e. The van der Waals surface area contributed by atoms with Gasteiger partial charge in [-0.25, -0.2) is 0 Å². The minimum Gasteiger partial charge on any atom is -0.496 e. The average molecular weight is 304 g/mol. The first-order valence-corrected chi connectivity index (χ1v) is 8.66. The van der Waals surface area contributed by atoms with Crippen LogP contribution in [0.1, 0.15) is 76.5 Å². The molecule has 1 aromatic carbocycles. The number of epoxide rings is 1. The minimum absolute atomic E-state index is 0.0897. The summed E-state index contributed by atoms with van der Waals surface area (Å²) in [6, 6.07) is 4.59. The number of benzene rings is 1. The van der Waals surface area contributed by atoms with Crippen LogP contribution in [0.25, 0.3) is 0 Å². The Bertz CT molecular complexity index is 513. The molecular weight excluding hydrogens is 272 g/mol. The zero-order valence-corrected chi connectivity index (χ0v) is 15.3. The van der Waals surface area contributed by atoms with Crippen molar-refractivity contribution in [2.24, 2.45) is 0 Å². The van der Waals surface area contributed by atoms with Crippen LogP contribution in [0.15, 0.2) is 12.1 Å². The van der Waals surface area contributed by atoms with E-state index in [2.05, 4.69) is 53.7 Å². The molecule has 3 atom stereocenters. The second kappa shape index (κ2) is 6.62. The SMILES string of the molecule is CCC(CC1OC1CC)c1cc(C)cc(C(C)(C)C)c1OC. The first-order valence-electron chi connectivity index (χ1n) is 8.66. The number of hydrogen-bond donors (Lipinski definition) is 0. The van der Waals surface area contributed by atoms with Crippen molar-refractivity contribution in [3.63, 3.8) is 0 Å². The Morgan fingerprint density at radius 2 is 1.86 bits per heavy atom. The van der Waals surface area contributed by atoms with E-state index in [-0.39, 0.29) is 5.41 Å². The lowest BCUT2D eigenvalue weighted by molar-refractivity contribution is 0.344. The largest absolute Gasteiger partial charge is 0.496 e. The highest BCUT2D eigenvalue weighted by Gasteiger charge is 2.39. The van der Waals surface area contributed by atoms with E-state index in [0.29, 0.717) is 18.1 Å². The summed E-state index contributed by atoms with van der Waals surface area (Å²) in [5.41, 5.74) is 4.09. The summed E-state index contributed by atoms with van der Waals surface area (Å²) in [5, 5.41) is 0. The molecular formula is C20H32O2. The molecule has 0 N–H and O–H groups in total. The van der Waals surface area contributed by atoms with E-state index in [1.165, 1.54) is 16.7 Å². The van der Waals surface area contributed by atoms with Crippen molar-refractivity contribution in [3.8, 4) is 5.75 Å². The fourth-order valence-corrected chi connectivity index (χ4v) is 3.43. The topological polar surface area (TPSA) is 21.8 Å². The number of methoxy groups -OCH3 is 1. The molecule has 0 radical (unpaired) electrons. The van der Waals surface area contributed by atoms with Gasteiger partial charge in [-0.15, -0.1) is 0 Å². The molecule has 124 valence electrons. The molecule has 1 saturated heterocycles. The van der Waals surface area contributed by atoms with Crippen molar-refractivity contribution in [2.45, 2.75) is 84.3 Å². The lowest BCUT2D eigenvalue weighted by Gasteiger charge is -2.27. The van der Waals surface area contributed by atoms with Crippen molar-refractivity contribution >= 4 is 0 Å². The van der Waals surface area contributed by atoms with Gasteiger partial charge in [-0.05, 0) is 43.1 Å². The third-order valence-corrected chi connectivity index (χ3v) is 4.81. The zero-order chi connectivity index (χ0) is 16.5. The Morgan fingerprint density at radius 3 is 2.32 bits per heavy atom. The van der Waals surface area contributed by atoms with Gasteiger partial charge in [0.15, 0.2) is 0 Å². The molecule has 1 aliphatic heterocycles. The van der Waals surface area contributed by atoms with E-state index in [9.17, 15) is 0 Å². The van der Waals surface area contributed by atoms with Crippen LogP contribution in [0.4, 0.5) is 0 Å². The van der Waals surface area contributed by atoms with Gasteiger partial charge < -0.3 is 9.47 Å². The van der Waals surface area contributed by atoms with E-state index in [4.69, 9.17) is 9.47 Å². The molecule has 1 heterocycles. The van der Waals surface area contributed by atoms with E-state index in [1.807, 2.05) is 0 Å². The van der Waals surface area contributed by atoms with Crippen LogP contribution in [-0.2, 0) is 10.2 Å². The van der Waals surface area contributed by atoms with Crippen LogP contribution in [-0.4, -0.2) is 19.3 Å². The van der Waals surface area contributed by atoms with Gasteiger partial charge in [0.05, 0.1) is 19.3 Å². The molecule has 2 heteroatoms. The van der Waals surface area contributed by atoms with Crippen LogP contribution in [0.5, 0.6) is 5.75 Å². The number of ether oxygens (including phenoxy) is 2. The fourth-order valence-electron chi connectivity index (χ4n) is 3.43. The molecule has 1 aromatic rings. The Hall–Kier alpha value is -1.02. The molecule has 0 aromatic heterocycles. The third-order valence-electron chi connectivity index (χ3n) is 4.81. The lowest BCUT2D eigenvalue weighted by Crippen LogP contribution is -2.16. The summed E-state index contributed by atoms with van der Waals surface area (Å²) in [5.74, 6) is 1.59. The van der Waals surface area contributed by atoms with Crippen molar-refractivity contribution in [3.05, 3.63) is 28.8 Å². The van der Waals surface area contributed by atoms with E-state index in [0.717, 1.165) is 25.0 Å². The van der Waals surface area contributed by atoms with Gasteiger partial charge in [-0.2, -0.15) is 0 Å².